The number of carbonyl (C=O) groups is 1. The van der Waals surface area contributed by atoms with Gasteiger partial charge in [-0.2, -0.15) is 0 Å². The molecule has 1 aromatic heterocycles. The fraction of sp³-hybridized carbons (Fsp3) is 0.400. The molecule has 166 valence electrons. The van der Waals surface area contributed by atoms with Gasteiger partial charge < -0.3 is 24.8 Å². The molecule has 0 unspecified atom stereocenters. The third-order valence-corrected chi connectivity index (χ3v) is 5.48. The molecular weight excluding hydrogens is 388 g/mol. The molecule has 0 atom stereocenters. The summed E-state index contributed by atoms with van der Waals surface area (Å²) in [5, 5.41) is 4.47. The van der Waals surface area contributed by atoms with Crippen molar-refractivity contribution in [3.05, 3.63) is 65.9 Å². The maximum Gasteiger partial charge on any atom is 0.236 e. The number of ether oxygens (including phenoxy) is 1. The molecule has 0 aliphatic carbocycles. The number of rotatable bonds is 12. The van der Waals surface area contributed by atoms with E-state index in [2.05, 4.69) is 63.9 Å². The molecule has 3 aromatic rings. The van der Waals surface area contributed by atoms with Gasteiger partial charge in [0.25, 0.3) is 0 Å². The van der Waals surface area contributed by atoms with E-state index in [1.54, 1.807) is 7.11 Å². The van der Waals surface area contributed by atoms with Crippen molar-refractivity contribution in [2.45, 2.75) is 19.4 Å². The lowest BCUT2D eigenvalue weighted by molar-refractivity contribution is -0.130. The highest BCUT2D eigenvalue weighted by Crippen LogP contribution is 2.19. The van der Waals surface area contributed by atoms with Crippen molar-refractivity contribution in [3.63, 3.8) is 0 Å². The van der Waals surface area contributed by atoms with Crippen molar-refractivity contribution in [2.75, 3.05) is 52.3 Å². The third kappa shape index (κ3) is 6.57. The van der Waals surface area contributed by atoms with E-state index in [9.17, 15) is 4.79 Å². The van der Waals surface area contributed by atoms with Crippen molar-refractivity contribution in [1.29, 1.82) is 0 Å². The molecule has 2 aromatic carbocycles. The fourth-order valence-electron chi connectivity index (χ4n) is 3.65. The van der Waals surface area contributed by atoms with E-state index in [0.717, 1.165) is 36.2 Å². The van der Waals surface area contributed by atoms with Crippen LogP contribution in [-0.4, -0.2) is 63.2 Å². The lowest BCUT2D eigenvalue weighted by atomic mass is 10.1. The Morgan fingerprint density at radius 1 is 1.10 bits per heavy atom. The molecule has 0 bridgehead atoms. The first kappa shape index (κ1) is 22.8. The predicted octanol–water partition coefficient (Wildman–Crippen LogP) is 3.43. The number of aromatic nitrogens is 1. The Kier molecular flexibility index (Phi) is 8.50. The summed E-state index contributed by atoms with van der Waals surface area (Å²) in [6.07, 6.45) is 3.77. The molecule has 0 aliphatic rings. The summed E-state index contributed by atoms with van der Waals surface area (Å²) in [5.74, 6) is 0.119. The summed E-state index contributed by atoms with van der Waals surface area (Å²) in [6.45, 7) is 3.09. The topological polar surface area (TPSA) is 60.6 Å². The van der Waals surface area contributed by atoms with Gasteiger partial charge in [0.15, 0.2) is 0 Å². The smallest absolute Gasteiger partial charge is 0.236 e. The number of methoxy groups -OCH3 is 1. The Morgan fingerprint density at radius 3 is 2.61 bits per heavy atom. The number of carbonyl (C=O) groups excluding carboxylic acids is 1. The van der Waals surface area contributed by atoms with Gasteiger partial charge in [0.1, 0.15) is 0 Å². The molecule has 0 saturated heterocycles. The molecule has 6 heteroatoms. The molecule has 3 rings (SSSR count). The Hall–Kier alpha value is -2.83. The van der Waals surface area contributed by atoms with Crippen LogP contribution in [0.1, 0.15) is 17.5 Å². The van der Waals surface area contributed by atoms with Crippen LogP contribution in [0.15, 0.2) is 54.7 Å². The van der Waals surface area contributed by atoms with Crippen LogP contribution in [0.2, 0.25) is 0 Å². The number of amides is 1. The number of nitrogens with zero attached hydrogens (tertiary/aromatic N) is 2. The van der Waals surface area contributed by atoms with Crippen molar-refractivity contribution in [1.82, 2.24) is 15.2 Å². The second-order valence-corrected chi connectivity index (χ2v) is 8.01. The predicted molar refractivity (Wildman–Crippen MR) is 128 cm³/mol. The molecule has 1 heterocycles. The molecule has 0 radical (unpaired) electrons. The normalized spacial score (nSPS) is 11.1. The number of anilines is 1. The van der Waals surface area contributed by atoms with Crippen molar-refractivity contribution < 1.29 is 9.53 Å². The second kappa shape index (κ2) is 11.5. The van der Waals surface area contributed by atoms with Gasteiger partial charge in [0, 0.05) is 63.7 Å². The lowest BCUT2D eigenvalue weighted by Crippen LogP contribution is -2.39. The maximum atomic E-state index is 13.0. The van der Waals surface area contributed by atoms with E-state index in [-0.39, 0.29) is 5.91 Å². The lowest BCUT2D eigenvalue weighted by Gasteiger charge is -2.24. The molecule has 0 fully saturated rings. The van der Waals surface area contributed by atoms with Crippen LogP contribution in [0.25, 0.3) is 10.9 Å². The summed E-state index contributed by atoms with van der Waals surface area (Å²) in [5.41, 5.74) is 4.66. The SMILES string of the molecule is COCCCNCC(=O)N(CCc1c[nH]c2ccccc12)Cc1ccc(N(C)C)cc1. The molecule has 31 heavy (non-hydrogen) atoms. The quantitative estimate of drug-likeness (QED) is 0.439. The highest BCUT2D eigenvalue weighted by Gasteiger charge is 2.15. The van der Waals surface area contributed by atoms with E-state index < -0.39 is 0 Å². The van der Waals surface area contributed by atoms with Gasteiger partial charge in [0.2, 0.25) is 5.91 Å². The number of hydrogen-bond donors (Lipinski definition) is 2. The first-order valence-electron chi connectivity index (χ1n) is 10.9. The Balaban J connectivity index is 1.66. The van der Waals surface area contributed by atoms with Crippen molar-refractivity contribution in [3.8, 4) is 0 Å². The third-order valence-electron chi connectivity index (χ3n) is 5.48. The van der Waals surface area contributed by atoms with E-state index in [0.29, 0.717) is 26.2 Å². The highest BCUT2D eigenvalue weighted by molar-refractivity contribution is 5.83. The number of fused-ring (bicyclic) bond motifs is 1. The summed E-state index contributed by atoms with van der Waals surface area (Å²) in [7, 11) is 5.75. The fourth-order valence-corrected chi connectivity index (χ4v) is 3.65. The van der Waals surface area contributed by atoms with Crippen molar-refractivity contribution >= 4 is 22.5 Å². The van der Waals surface area contributed by atoms with Gasteiger partial charge >= 0.3 is 0 Å². The number of H-pyrrole nitrogens is 1. The van der Waals surface area contributed by atoms with Crippen molar-refractivity contribution in [2.24, 2.45) is 0 Å². The van der Waals surface area contributed by atoms with Crippen LogP contribution in [0.3, 0.4) is 0 Å². The summed E-state index contributed by atoms with van der Waals surface area (Å²) < 4.78 is 5.08. The molecule has 1 amide bonds. The standard InChI is InChI=1S/C25H34N4O2/c1-28(2)22-11-9-20(10-12-22)19-29(25(30)18-26-14-6-16-31-3)15-13-21-17-27-24-8-5-4-7-23(21)24/h4-5,7-12,17,26-27H,6,13-16,18-19H2,1-3H3. The van der Waals surface area contributed by atoms with Crippen LogP contribution in [0.4, 0.5) is 5.69 Å². The van der Waals surface area contributed by atoms with Gasteiger partial charge in [-0.05, 0) is 48.7 Å². The largest absolute Gasteiger partial charge is 0.385 e. The van der Waals surface area contributed by atoms with E-state index >= 15 is 0 Å². The Morgan fingerprint density at radius 2 is 1.87 bits per heavy atom. The van der Waals surface area contributed by atoms with Gasteiger partial charge in [-0.15, -0.1) is 0 Å². The van der Waals surface area contributed by atoms with E-state index in [1.165, 1.54) is 10.9 Å². The molecule has 0 saturated carbocycles. The first-order valence-corrected chi connectivity index (χ1v) is 10.9. The van der Waals surface area contributed by atoms with Gasteiger partial charge in [0.05, 0.1) is 6.54 Å². The van der Waals surface area contributed by atoms with E-state index in [4.69, 9.17) is 4.74 Å². The Labute approximate surface area is 185 Å². The minimum Gasteiger partial charge on any atom is -0.385 e. The molecular formula is C25H34N4O2. The second-order valence-electron chi connectivity index (χ2n) is 8.01. The number of para-hydroxylation sites is 1. The number of nitrogens with one attached hydrogen (secondary N) is 2. The average Bonchev–Trinajstić information content (AvgIpc) is 3.19. The van der Waals surface area contributed by atoms with Gasteiger partial charge in [-0.1, -0.05) is 30.3 Å². The first-order chi connectivity index (χ1) is 15.1. The average molecular weight is 423 g/mol. The summed E-state index contributed by atoms with van der Waals surface area (Å²) in [4.78, 5) is 20.4. The molecule has 6 nitrogen and oxygen atoms in total. The molecule has 2 N–H and O–H groups in total. The van der Waals surface area contributed by atoms with E-state index in [1.807, 2.05) is 25.1 Å². The Bertz CT molecular complexity index is 950. The highest BCUT2D eigenvalue weighted by atomic mass is 16.5. The zero-order chi connectivity index (χ0) is 22.1. The summed E-state index contributed by atoms with van der Waals surface area (Å²) in [6, 6.07) is 16.7. The van der Waals surface area contributed by atoms with Crippen LogP contribution >= 0.6 is 0 Å². The van der Waals surface area contributed by atoms with Crippen LogP contribution in [0, 0.1) is 0 Å². The number of aromatic amines is 1. The van der Waals surface area contributed by atoms with Gasteiger partial charge in [-0.3, -0.25) is 4.79 Å². The monoisotopic (exact) mass is 422 g/mol. The maximum absolute atomic E-state index is 13.0. The van der Waals surface area contributed by atoms with Crippen LogP contribution in [-0.2, 0) is 22.5 Å². The number of benzene rings is 2. The van der Waals surface area contributed by atoms with Crippen LogP contribution < -0.4 is 10.2 Å². The zero-order valence-electron chi connectivity index (χ0n) is 18.9. The number of hydrogen-bond acceptors (Lipinski definition) is 4. The molecule has 0 spiro atoms. The minimum atomic E-state index is 0.119. The van der Waals surface area contributed by atoms with Gasteiger partial charge in [-0.25, -0.2) is 0 Å². The zero-order valence-corrected chi connectivity index (χ0v) is 18.9. The van der Waals surface area contributed by atoms with Crippen LogP contribution in [0.5, 0.6) is 0 Å². The minimum absolute atomic E-state index is 0.119. The summed E-state index contributed by atoms with van der Waals surface area (Å²) >= 11 is 0. The molecule has 0 aliphatic heterocycles.